The van der Waals surface area contributed by atoms with Crippen molar-refractivity contribution in [1.82, 2.24) is 24.4 Å². The van der Waals surface area contributed by atoms with Gasteiger partial charge < -0.3 is 24.3 Å². The molecule has 0 aliphatic heterocycles. The Labute approximate surface area is 244 Å². The van der Waals surface area contributed by atoms with E-state index >= 15 is 0 Å². The fraction of sp³-hybridized carbons (Fsp3) is 0.407. The number of fused-ring (bicyclic) bond motifs is 2. The minimum absolute atomic E-state index is 0.375. The predicted molar refractivity (Wildman–Crippen MR) is 159 cm³/mol. The lowest BCUT2D eigenvalue weighted by Gasteiger charge is -2.12. The number of imidazole rings is 2. The van der Waals surface area contributed by atoms with E-state index in [0.717, 1.165) is 43.1 Å². The Morgan fingerprint density at radius 2 is 1.51 bits per heavy atom. The maximum Gasteiger partial charge on any atom is 0.234 e. The second kappa shape index (κ2) is 15.2. The molecule has 10 nitrogen and oxygen atoms in total. The number of ether oxygens (including phenoxy) is 2. The maximum absolute atomic E-state index is 11.1. The van der Waals surface area contributed by atoms with Gasteiger partial charge in [0.25, 0.3) is 0 Å². The summed E-state index contributed by atoms with van der Waals surface area (Å²) in [5, 5.41) is 3.09. The maximum atomic E-state index is 11.1. The summed E-state index contributed by atoms with van der Waals surface area (Å²) < 4.78 is 16.7. The zero-order chi connectivity index (χ0) is 28.4. The zero-order valence-electron chi connectivity index (χ0n) is 22.3. The third-order valence-electron chi connectivity index (χ3n) is 5.95. The summed E-state index contributed by atoms with van der Waals surface area (Å²) in [6, 6.07) is 11.4. The first-order valence-corrected chi connectivity index (χ1v) is 14.3. The Kier molecular flexibility index (Phi) is 12.1. The third-order valence-corrected chi connectivity index (χ3v) is 6.94. The normalized spacial score (nSPS) is 11.9. The van der Waals surface area contributed by atoms with E-state index in [1.165, 1.54) is 0 Å². The van der Waals surface area contributed by atoms with Gasteiger partial charge in [0.1, 0.15) is 5.82 Å². The van der Waals surface area contributed by atoms with E-state index in [1.54, 1.807) is 6.92 Å². The molecule has 39 heavy (non-hydrogen) atoms. The van der Waals surface area contributed by atoms with E-state index in [4.69, 9.17) is 15.2 Å². The lowest BCUT2D eigenvalue weighted by molar-refractivity contribution is -0.119. The largest absolute Gasteiger partial charge is 0.380 e. The number of aromatic nitrogens is 4. The van der Waals surface area contributed by atoms with Crippen LogP contribution in [0, 0.1) is 0 Å². The van der Waals surface area contributed by atoms with Crippen LogP contribution in [0.25, 0.3) is 22.1 Å². The second-order valence-corrected chi connectivity index (χ2v) is 10.4. The van der Waals surface area contributed by atoms with E-state index in [9.17, 15) is 9.59 Å². The van der Waals surface area contributed by atoms with Gasteiger partial charge in [-0.2, -0.15) is 0 Å². The number of carbonyl (C=O) groups excluding carboxylic acids is 2. The summed E-state index contributed by atoms with van der Waals surface area (Å²) in [6.07, 6.45) is 0.778. The third kappa shape index (κ3) is 8.42. The fourth-order valence-electron chi connectivity index (χ4n) is 3.93. The lowest BCUT2D eigenvalue weighted by Crippen LogP contribution is -2.38. The van der Waals surface area contributed by atoms with E-state index in [2.05, 4.69) is 51.7 Å². The van der Waals surface area contributed by atoms with E-state index in [0.29, 0.717) is 51.9 Å². The predicted octanol–water partition coefficient (Wildman–Crippen LogP) is 4.45. The quantitative estimate of drug-likeness (QED) is 0.160. The molecule has 0 aliphatic rings. The van der Waals surface area contributed by atoms with Crippen molar-refractivity contribution in [1.29, 1.82) is 0 Å². The molecule has 0 saturated heterocycles. The van der Waals surface area contributed by atoms with Crippen molar-refractivity contribution in [3.05, 3.63) is 57.0 Å². The molecule has 0 spiro atoms. The molecule has 1 amide bonds. The van der Waals surface area contributed by atoms with Crippen LogP contribution in [-0.2, 0) is 33.9 Å². The average molecular weight is 666 g/mol. The summed E-state index contributed by atoms with van der Waals surface area (Å²) in [7, 11) is 0. The van der Waals surface area contributed by atoms with Crippen molar-refractivity contribution in [2.45, 2.75) is 46.4 Å². The number of rotatable bonds is 13. The van der Waals surface area contributed by atoms with Gasteiger partial charge in [-0.25, -0.2) is 9.97 Å². The highest BCUT2D eigenvalue weighted by molar-refractivity contribution is 9.10. The number of hydrogen-bond acceptors (Lipinski definition) is 7. The Hall–Kier alpha value is -2.64. The fourth-order valence-corrected chi connectivity index (χ4v) is 4.63. The van der Waals surface area contributed by atoms with Crippen LogP contribution in [0.3, 0.4) is 0 Å². The first-order valence-electron chi connectivity index (χ1n) is 12.7. The average Bonchev–Trinajstić information content (AvgIpc) is 3.44. The van der Waals surface area contributed by atoms with Crippen molar-refractivity contribution in [3.63, 3.8) is 0 Å². The molecule has 2 aromatic heterocycles. The highest BCUT2D eigenvalue weighted by Gasteiger charge is 2.14. The molecule has 4 rings (SSSR count). The molecule has 3 N–H and O–H groups in total. The number of benzene rings is 2. The molecule has 4 aromatic rings. The lowest BCUT2D eigenvalue weighted by atomic mass is 10.3. The number of primary amides is 1. The number of aldehydes is 1. The molecule has 0 bridgehead atoms. The van der Waals surface area contributed by atoms with Gasteiger partial charge in [0.15, 0.2) is 12.1 Å². The van der Waals surface area contributed by atoms with Gasteiger partial charge in [0.05, 0.1) is 47.9 Å². The number of amides is 1. The van der Waals surface area contributed by atoms with Gasteiger partial charge in [0, 0.05) is 35.2 Å². The Bertz CT molecular complexity index is 1400. The number of carbonyl (C=O) groups is 2. The number of nitrogens with one attached hydrogen (secondary N) is 1. The first-order chi connectivity index (χ1) is 18.8. The molecule has 12 heteroatoms. The van der Waals surface area contributed by atoms with Crippen LogP contribution in [-0.4, -0.2) is 63.8 Å². The highest BCUT2D eigenvalue weighted by atomic mass is 79.9. The van der Waals surface area contributed by atoms with Gasteiger partial charge in [-0.1, -0.05) is 31.9 Å². The molecular formula is C27H34Br2N6O4. The van der Waals surface area contributed by atoms with Crippen LogP contribution in [0.15, 0.2) is 45.3 Å². The molecule has 0 saturated carbocycles. The molecule has 2 aromatic carbocycles. The Morgan fingerprint density at radius 3 is 2.05 bits per heavy atom. The summed E-state index contributed by atoms with van der Waals surface area (Å²) in [5.41, 5.74) is 9.01. The highest BCUT2D eigenvalue weighted by Crippen LogP contribution is 2.22. The van der Waals surface area contributed by atoms with Gasteiger partial charge in [-0.15, -0.1) is 0 Å². The zero-order valence-corrected chi connectivity index (χ0v) is 25.5. The summed E-state index contributed by atoms with van der Waals surface area (Å²) in [5.74, 6) is 0.929. The number of nitrogens with two attached hydrogens (primary N) is 1. The minimum atomic E-state index is -0.396. The molecule has 0 unspecified atom stereocenters. The van der Waals surface area contributed by atoms with E-state index in [-0.39, 0.29) is 5.91 Å². The van der Waals surface area contributed by atoms with Crippen molar-refractivity contribution in [2.75, 3.05) is 26.4 Å². The Morgan fingerprint density at radius 1 is 0.974 bits per heavy atom. The van der Waals surface area contributed by atoms with Crippen LogP contribution in [0.5, 0.6) is 0 Å². The van der Waals surface area contributed by atoms with Crippen LogP contribution < -0.4 is 11.1 Å². The van der Waals surface area contributed by atoms with Gasteiger partial charge in [-0.05, 0) is 57.2 Å². The molecule has 0 fully saturated rings. The van der Waals surface area contributed by atoms with Crippen LogP contribution in [0.4, 0.5) is 0 Å². The smallest absolute Gasteiger partial charge is 0.234 e. The van der Waals surface area contributed by atoms with E-state index in [1.807, 2.05) is 54.8 Å². The van der Waals surface area contributed by atoms with Crippen LogP contribution >= 0.6 is 31.9 Å². The van der Waals surface area contributed by atoms with Crippen molar-refractivity contribution >= 4 is 66.1 Å². The number of hydrogen-bond donors (Lipinski definition) is 2. The standard InChI is InChI=1S/C15H21BrN4O2.C12H13BrN2O2/c1-3-22-7-6-20-13-5-4-11(16)8-12(13)19-14(20)9-18-10(2)15(17)21;1-2-17-6-5-15-11-4-3-9(13)7-10(11)14-12(15)8-16/h4-5,8,10,18H,3,6-7,9H2,1-2H3,(H2,17,21);3-4,7-8H,2,5-6H2,1H3/t10-;/m0./s1. The van der Waals surface area contributed by atoms with Crippen molar-refractivity contribution in [3.8, 4) is 0 Å². The topological polar surface area (TPSA) is 126 Å². The minimum Gasteiger partial charge on any atom is -0.380 e. The first kappa shape index (κ1) is 30.9. The molecular weight excluding hydrogens is 632 g/mol. The van der Waals surface area contributed by atoms with Gasteiger partial charge in [0.2, 0.25) is 5.91 Å². The van der Waals surface area contributed by atoms with Crippen LogP contribution in [0.2, 0.25) is 0 Å². The Balaban J connectivity index is 0.000000223. The van der Waals surface area contributed by atoms with Crippen LogP contribution in [0.1, 0.15) is 37.2 Å². The number of halogens is 2. The SMILES string of the molecule is CCOCCn1c(C=O)nc2cc(Br)ccc21.CCOCCn1c(CN[C@@H](C)C(N)=O)nc2cc(Br)ccc21. The molecule has 210 valence electrons. The molecule has 0 aliphatic carbocycles. The van der Waals surface area contributed by atoms with Crippen molar-refractivity contribution < 1.29 is 19.1 Å². The van der Waals surface area contributed by atoms with Crippen molar-refractivity contribution in [2.24, 2.45) is 5.73 Å². The summed E-state index contributed by atoms with van der Waals surface area (Å²) in [4.78, 5) is 31.0. The van der Waals surface area contributed by atoms with E-state index < -0.39 is 6.04 Å². The van der Waals surface area contributed by atoms with Gasteiger partial charge >= 0.3 is 0 Å². The molecule has 2 heterocycles. The molecule has 0 radical (unpaired) electrons. The molecule has 1 atom stereocenters. The summed E-state index contributed by atoms with van der Waals surface area (Å²) in [6.45, 7) is 10.1. The summed E-state index contributed by atoms with van der Waals surface area (Å²) >= 11 is 6.85. The second-order valence-electron chi connectivity index (χ2n) is 8.58. The monoisotopic (exact) mass is 664 g/mol. The van der Waals surface area contributed by atoms with Gasteiger partial charge in [-0.3, -0.25) is 14.9 Å². The number of nitrogens with zero attached hydrogens (tertiary/aromatic N) is 4.